The zero-order valence-electron chi connectivity index (χ0n) is 2.62. The molecule has 1 fully saturated rings. The highest BCUT2D eigenvalue weighted by molar-refractivity contribution is 7.97. The molecule has 1 aliphatic rings. The lowest BCUT2D eigenvalue weighted by molar-refractivity contribution is 0.612. The minimum atomic E-state index is 0.944. The SMILES string of the molecule is C1NNNS1. The molecule has 3 nitrogen and oxygen atoms in total. The maximum atomic E-state index is 2.82. The van der Waals surface area contributed by atoms with Crippen LogP contribution in [0.15, 0.2) is 0 Å². The Labute approximate surface area is 34.6 Å². The standard InChI is InChI=1S/CH5N3S/c1-2-3-4-5-1/h2-4H,1H2. The summed E-state index contributed by atoms with van der Waals surface area (Å²) in [5.74, 6) is 0.944. The Morgan fingerprint density at radius 3 is 2.80 bits per heavy atom. The fourth-order valence-corrected chi connectivity index (χ4v) is 0.541. The molecule has 0 spiro atoms. The summed E-state index contributed by atoms with van der Waals surface area (Å²) in [6.45, 7) is 0. The molecule has 0 aromatic rings. The van der Waals surface area contributed by atoms with Gasteiger partial charge in [-0.1, -0.05) is 0 Å². The van der Waals surface area contributed by atoms with Gasteiger partial charge in [0.1, 0.15) is 0 Å². The van der Waals surface area contributed by atoms with Gasteiger partial charge in [-0.05, 0) is 11.9 Å². The van der Waals surface area contributed by atoms with Gasteiger partial charge in [-0.25, -0.2) is 5.43 Å². The first-order chi connectivity index (χ1) is 2.50. The quantitative estimate of drug-likeness (QED) is 0.341. The molecule has 0 bridgehead atoms. The third kappa shape index (κ3) is 0.769. The average Bonchev–Trinajstić information content (AvgIpc) is 1.76. The van der Waals surface area contributed by atoms with Gasteiger partial charge >= 0.3 is 0 Å². The molecule has 1 rings (SSSR count). The smallest absolute Gasteiger partial charge is 0.0728 e. The highest BCUT2D eigenvalue weighted by atomic mass is 32.2. The molecule has 1 saturated heterocycles. The van der Waals surface area contributed by atoms with E-state index in [0.717, 1.165) is 5.88 Å². The second-order valence-electron chi connectivity index (χ2n) is 0.693. The molecule has 30 valence electrons. The molecule has 0 unspecified atom stereocenters. The molecule has 0 atom stereocenters. The highest BCUT2D eigenvalue weighted by Crippen LogP contribution is 1.86. The Morgan fingerprint density at radius 1 is 1.60 bits per heavy atom. The van der Waals surface area contributed by atoms with E-state index in [4.69, 9.17) is 0 Å². The van der Waals surface area contributed by atoms with Crippen LogP contribution in [-0.2, 0) is 0 Å². The molecule has 1 aliphatic heterocycles. The van der Waals surface area contributed by atoms with Crippen LogP contribution in [-0.4, -0.2) is 5.88 Å². The molecule has 5 heavy (non-hydrogen) atoms. The molecule has 4 heteroatoms. The zero-order chi connectivity index (χ0) is 3.54. The monoisotopic (exact) mass is 91.0 g/mol. The van der Waals surface area contributed by atoms with E-state index in [0.29, 0.717) is 0 Å². The predicted octanol–water partition coefficient (Wildman–Crippen LogP) is -0.796. The molecule has 0 saturated carbocycles. The maximum absolute atomic E-state index is 2.82. The summed E-state index contributed by atoms with van der Waals surface area (Å²) in [5.41, 5.74) is 5.51. The van der Waals surface area contributed by atoms with E-state index in [-0.39, 0.29) is 0 Å². The summed E-state index contributed by atoms with van der Waals surface area (Å²) in [4.78, 5) is 2.78. The van der Waals surface area contributed by atoms with E-state index in [1.807, 2.05) is 0 Å². The number of hydrazine groups is 2. The molecular formula is CH5N3S. The molecule has 0 aliphatic carbocycles. The van der Waals surface area contributed by atoms with E-state index < -0.39 is 0 Å². The van der Waals surface area contributed by atoms with Crippen LogP contribution < -0.4 is 15.8 Å². The lowest BCUT2D eigenvalue weighted by atomic mass is 11.5. The second-order valence-corrected chi connectivity index (χ2v) is 1.47. The van der Waals surface area contributed by atoms with Crippen LogP contribution in [0.3, 0.4) is 0 Å². The summed E-state index contributed by atoms with van der Waals surface area (Å²) in [6.07, 6.45) is 0. The number of nitrogens with one attached hydrogen (secondary N) is 3. The minimum Gasteiger partial charge on any atom is -0.232 e. The van der Waals surface area contributed by atoms with Crippen molar-refractivity contribution in [2.45, 2.75) is 0 Å². The van der Waals surface area contributed by atoms with Crippen LogP contribution in [0.25, 0.3) is 0 Å². The lowest BCUT2D eigenvalue weighted by Crippen LogP contribution is -2.28. The molecule has 0 aromatic carbocycles. The summed E-state index contributed by atoms with van der Waals surface area (Å²) >= 11 is 1.60. The fourth-order valence-electron chi connectivity index (χ4n) is 0.180. The van der Waals surface area contributed by atoms with Crippen LogP contribution in [0.4, 0.5) is 0 Å². The van der Waals surface area contributed by atoms with Crippen molar-refractivity contribution in [1.82, 2.24) is 15.8 Å². The Morgan fingerprint density at radius 2 is 2.60 bits per heavy atom. The number of rotatable bonds is 0. The van der Waals surface area contributed by atoms with Crippen molar-refractivity contribution >= 4 is 11.9 Å². The van der Waals surface area contributed by atoms with E-state index in [1.54, 1.807) is 11.9 Å². The van der Waals surface area contributed by atoms with E-state index >= 15 is 0 Å². The van der Waals surface area contributed by atoms with E-state index in [1.165, 1.54) is 0 Å². The van der Waals surface area contributed by atoms with Gasteiger partial charge in [0, 0.05) is 0 Å². The normalized spacial score (nSPS) is 24.0. The summed E-state index contributed by atoms with van der Waals surface area (Å²) in [6, 6.07) is 0. The highest BCUT2D eigenvalue weighted by Gasteiger charge is 1.89. The first-order valence-electron chi connectivity index (χ1n) is 1.35. The van der Waals surface area contributed by atoms with Gasteiger partial charge in [0.05, 0.1) is 5.88 Å². The Bertz CT molecular complexity index is 18.5. The molecule has 0 aromatic heterocycles. The zero-order valence-corrected chi connectivity index (χ0v) is 3.43. The Balaban J connectivity index is 2.08. The molecular weight excluding hydrogens is 86.1 g/mol. The van der Waals surface area contributed by atoms with Crippen LogP contribution >= 0.6 is 11.9 Å². The first-order valence-corrected chi connectivity index (χ1v) is 2.33. The van der Waals surface area contributed by atoms with Crippen molar-refractivity contribution in [2.24, 2.45) is 0 Å². The summed E-state index contributed by atoms with van der Waals surface area (Å²) in [5, 5.41) is 0. The Hall–Kier alpha value is 0.230. The van der Waals surface area contributed by atoms with E-state index in [9.17, 15) is 0 Å². The van der Waals surface area contributed by atoms with Gasteiger partial charge < -0.3 is 0 Å². The fraction of sp³-hybridized carbons (Fsp3) is 1.00. The minimum absolute atomic E-state index is 0.944. The van der Waals surface area contributed by atoms with Gasteiger partial charge in [-0.15, -0.1) is 0 Å². The van der Waals surface area contributed by atoms with Gasteiger partial charge in [-0.3, -0.25) is 0 Å². The third-order valence-electron chi connectivity index (χ3n) is 0.356. The van der Waals surface area contributed by atoms with Crippen molar-refractivity contribution in [3.8, 4) is 0 Å². The van der Waals surface area contributed by atoms with Crippen LogP contribution in [0.2, 0.25) is 0 Å². The van der Waals surface area contributed by atoms with Crippen molar-refractivity contribution in [3.63, 3.8) is 0 Å². The number of hydrogen-bond donors (Lipinski definition) is 3. The predicted molar refractivity (Wildman–Crippen MR) is 21.9 cm³/mol. The number of hydrogen-bond acceptors (Lipinski definition) is 4. The summed E-state index contributed by atoms with van der Waals surface area (Å²) in [7, 11) is 0. The van der Waals surface area contributed by atoms with Crippen LogP contribution in [0.5, 0.6) is 0 Å². The van der Waals surface area contributed by atoms with E-state index in [2.05, 4.69) is 15.8 Å². The molecule has 3 N–H and O–H groups in total. The Kier molecular flexibility index (Phi) is 1.10. The second kappa shape index (κ2) is 1.61. The molecule has 1 heterocycles. The topological polar surface area (TPSA) is 36.1 Å². The third-order valence-corrected chi connectivity index (χ3v) is 0.891. The first kappa shape index (κ1) is 3.42. The molecule has 0 radical (unpaired) electrons. The van der Waals surface area contributed by atoms with Crippen molar-refractivity contribution in [2.75, 3.05) is 5.88 Å². The maximum Gasteiger partial charge on any atom is 0.0728 e. The van der Waals surface area contributed by atoms with Crippen molar-refractivity contribution < 1.29 is 0 Å². The van der Waals surface area contributed by atoms with Gasteiger partial charge in [-0.2, -0.15) is 10.4 Å². The van der Waals surface area contributed by atoms with Crippen LogP contribution in [0.1, 0.15) is 0 Å². The summed E-state index contributed by atoms with van der Waals surface area (Å²) < 4.78 is 0. The van der Waals surface area contributed by atoms with Gasteiger partial charge in [0.15, 0.2) is 0 Å². The van der Waals surface area contributed by atoms with Crippen molar-refractivity contribution in [3.05, 3.63) is 0 Å². The average molecular weight is 91.1 g/mol. The van der Waals surface area contributed by atoms with Gasteiger partial charge in [0.25, 0.3) is 0 Å². The van der Waals surface area contributed by atoms with Crippen molar-refractivity contribution in [1.29, 1.82) is 0 Å². The largest absolute Gasteiger partial charge is 0.232 e. The van der Waals surface area contributed by atoms with Crippen LogP contribution in [0, 0.1) is 0 Å². The lowest BCUT2D eigenvalue weighted by Gasteiger charge is -1.80. The van der Waals surface area contributed by atoms with Gasteiger partial charge in [0.2, 0.25) is 0 Å². The molecule has 0 amide bonds.